The summed E-state index contributed by atoms with van der Waals surface area (Å²) in [6.45, 7) is 1.97. The minimum Gasteiger partial charge on any atom is -0.476 e. The SMILES string of the molecule is Cc1ccsc1-c1[nH]nc(C(=O)O)c1Br. The average Bonchev–Trinajstić information content (AvgIpc) is 2.71. The molecule has 2 heterocycles. The van der Waals surface area contributed by atoms with Crippen LogP contribution in [0.4, 0.5) is 0 Å². The number of rotatable bonds is 2. The Balaban J connectivity index is 2.56. The minimum absolute atomic E-state index is 0.0119. The lowest BCUT2D eigenvalue weighted by molar-refractivity contribution is 0.0689. The first kappa shape index (κ1) is 10.4. The van der Waals surface area contributed by atoms with Crippen LogP contribution >= 0.6 is 27.3 Å². The molecule has 0 saturated heterocycles. The van der Waals surface area contributed by atoms with Crippen molar-refractivity contribution in [1.29, 1.82) is 0 Å². The van der Waals surface area contributed by atoms with Crippen molar-refractivity contribution in [3.63, 3.8) is 0 Å². The monoisotopic (exact) mass is 286 g/mol. The second-order valence-electron chi connectivity index (χ2n) is 3.00. The predicted octanol–water partition coefficient (Wildman–Crippen LogP) is 2.91. The number of aromatic carboxylic acids is 1. The second-order valence-corrected chi connectivity index (χ2v) is 4.71. The highest BCUT2D eigenvalue weighted by atomic mass is 79.9. The van der Waals surface area contributed by atoms with Crippen LogP contribution in [0.2, 0.25) is 0 Å². The maximum Gasteiger partial charge on any atom is 0.357 e. The summed E-state index contributed by atoms with van der Waals surface area (Å²) >= 11 is 4.79. The van der Waals surface area contributed by atoms with Gasteiger partial charge >= 0.3 is 5.97 Å². The molecular formula is C9H7BrN2O2S. The Kier molecular flexibility index (Phi) is 2.62. The third-order valence-electron chi connectivity index (χ3n) is 2.00. The lowest BCUT2D eigenvalue weighted by Crippen LogP contribution is -1.96. The number of carboxylic acid groups (broad SMARTS) is 1. The fourth-order valence-corrected chi connectivity index (χ4v) is 2.85. The van der Waals surface area contributed by atoms with Crippen molar-refractivity contribution in [3.05, 3.63) is 27.2 Å². The van der Waals surface area contributed by atoms with Gasteiger partial charge in [0.1, 0.15) is 0 Å². The number of aromatic amines is 1. The van der Waals surface area contributed by atoms with Crippen LogP contribution < -0.4 is 0 Å². The smallest absolute Gasteiger partial charge is 0.357 e. The van der Waals surface area contributed by atoms with Crippen LogP contribution in [0.3, 0.4) is 0 Å². The highest BCUT2D eigenvalue weighted by molar-refractivity contribution is 9.10. The number of hydrogen-bond acceptors (Lipinski definition) is 3. The van der Waals surface area contributed by atoms with Gasteiger partial charge in [0.2, 0.25) is 0 Å². The number of carbonyl (C=O) groups is 1. The molecule has 0 unspecified atom stereocenters. The molecule has 0 aromatic carbocycles. The van der Waals surface area contributed by atoms with Crippen LogP contribution in [-0.2, 0) is 0 Å². The zero-order chi connectivity index (χ0) is 11.0. The molecule has 0 aliphatic carbocycles. The Morgan fingerprint density at radius 1 is 1.67 bits per heavy atom. The summed E-state index contributed by atoms with van der Waals surface area (Å²) in [5.41, 5.74) is 1.83. The van der Waals surface area contributed by atoms with E-state index in [-0.39, 0.29) is 5.69 Å². The van der Waals surface area contributed by atoms with Gasteiger partial charge < -0.3 is 5.11 Å². The molecule has 2 rings (SSSR count). The number of hydrogen-bond donors (Lipinski definition) is 2. The fraction of sp³-hybridized carbons (Fsp3) is 0.111. The van der Waals surface area contributed by atoms with E-state index < -0.39 is 5.97 Å². The molecule has 6 heteroatoms. The highest BCUT2D eigenvalue weighted by Crippen LogP contribution is 2.34. The average molecular weight is 287 g/mol. The normalized spacial score (nSPS) is 10.5. The summed E-state index contributed by atoms with van der Waals surface area (Å²) < 4.78 is 0.501. The summed E-state index contributed by atoms with van der Waals surface area (Å²) in [7, 11) is 0. The van der Waals surface area contributed by atoms with Crippen LogP contribution in [0, 0.1) is 6.92 Å². The van der Waals surface area contributed by atoms with E-state index in [1.54, 1.807) is 11.3 Å². The van der Waals surface area contributed by atoms with Gasteiger partial charge in [-0.1, -0.05) is 0 Å². The number of nitrogens with zero attached hydrogens (tertiary/aromatic N) is 1. The first-order chi connectivity index (χ1) is 7.11. The summed E-state index contributed by atoms with van der Waals surface area (Å²) in [6, 6.07) is 1.98. The molecule has 0 bridgehead atoms. The summed E-state index contributed by atoms with van der Waals surface area (Å²) in [6.07, 6.45) is 0. The van der Waals surface area contributed by atoms with E-state index in [4.69, 9.17) is 5.11 Å². The van der Waals surface area contributed by atoms with E-state index in [0.29, 0.717) is 4.47 Å². The number of H-pyrrole nitrogens is 1. The van der Waals surface area contributed by atoms with E-state index in [1.165, 1.54) is 0 Å². The standard InChI is InChI=1S/C9H7BrN2O2S/c1-4-2-3-15-8(4)6-5(10)7(9(13)14)12-11-6/h2-3H,1H3,(H,11,12)(H,13,14). The van der Waals surface area contributed by atoms with Crippen LogP contribution in [0.15, 0.2) is 15.9 Å². The molecular weight excluding hydrogens is 280 g/mol. The maximum absolute atomic E-state index is 10.8. The Morgan fingerprint density at radius 3 is 2.87 bits per heavy atom. The van der Waals surface area contributed by atoms with E-state index in [2.05, 4.69) is 26.1 Å². The van der Waals surface area contributed by atoms with Crippen molar-refractivity contribution < 1.29 is 9.90 Å². The second kappa shape index (κ2) is 3.79. The van der Waals surface area contributed by atoms with Crippen LogP contribution in [0.5, 0.6) is 0 Å². The summed E-state index contributed by atoms with van der Waals surface area (Å²) in [5.74, 6) is -1.04. The number of nitrogens with one attached hydrogen (secondary N) is 1. The number of carboxylic acids is 1. The number of aromatic nitrogens is 2. The van der Waals surface area contributed by atoms with Crippen LogP contribution in [-0.4, -0.2) is 21.3 Å². The largest absolute Gasteiger partial charge is 0.476 e. The Bertz CT molecular complexity index is 518. The van der Waals surface area contributed by atoms with Gasteiger partial charge in [-0.25, -0.2) is 4.79 Å². The van der Waals surface area contributed by atoms with E-state index in [0.717, 1.165) is 16.1 Å². The molecule has 0 amide bonds. The fourth-order valence-electron chi connectivity index (χ4n) is 1.25. The lowest BCUT2D eigenvalue weighted by Gasteiger charge is -1.95. The molecule has 0 spiro atoms. The third kappa shape index (κ3) is 1.70. The first-order valence-corrected chi connectivity index (χ1v) is 5.80. The number of halogens is 1. The molecule has 0 aliphatic rings. The molecule has 2 N–H and O–H groups in total. The molecule has 0 saturated carbocycles. The molecule has 15 heavy (non-hydrogen) atoms. The Labute approximate surface area is 98.1 Å². The molecule has 4 nitrogen and oxygen atoms in total. The van der Waals surface area contributed by atoms with Gasteiger partial charge in [-0.15, -0.1) is 11.3 Å². The van der Waals surface area contributed by atoms with E-state index in [1.807, 2.05) is 18.4 Å². The lowest BCUT2D eigenvalue weighted by atomic mass is 10.2. The van der Waals surface area contributed by atoms with Gasteiger partial charge in [-0.2, -0.15) is 5.10 Å². The minimum atomic E-state index is -1.04. The zero-order valence-electron chi connectivity index (χ0n) is 7.74. The van der Waals surface area contributed by atoms with Gasteiger partial charge in [0.05, 0.1) is 15.0 Å². The molecule has 0 fully saturated rings. The van der Waals surface area contributed by atoms with Crippen molar-refractivity contribution in [2.24, 2.45) is 0 Å². The van der Waals surface area contributed by atoms with E-state index >= 15 is 0 Å². The van der Waals surface area contributed by atoms with Gasteiger partial charge in [0, 0.05) is 0 Å². The quantitative estimate of drug-likeness (QED) is 0.892. The zero-order valence-corrected chi connectivity index (χ0v) is 10.1. The summed E-state index contributed by atoms with van der Waals surface area (Å²) in [5, 5.41) is 17.3. The van der Waals surface area contributed by atoms with Gasteiger partial charge in [-0.05, 0) is 39.9 Å². The Hall–Kier alpha value is -1.14. The van der Waals surface area contributed by atoms with Crippen LogP contribution in [0.25, 0.3) is 10.6 Å². The molecule has 0 radical (unpaired) electrons. The third-order valence-corrected chi connectivity index (χ3v) is 3.80. The molecule has 78 valence electrons. The topological polar surface area (TPSA) is 66.0 Å². The van der Waals surface area contributed by atoms with Crippen LogP contribution in [0.1, 0.15) is 16.1 Å². The first-order valence-electron chi connectivity index (χ1n) is 4.13. The predicted molar refractivity (Wildman–Crippen MR) is 61.3 cm³/mol. The molecule has 0 atom stereocenters. The maximum atomic E-state index is 10.8. The Morgan fingerprint density at radius 2 is 2.40 bits per heavy atom. The molecule has 2 aromatic heterocycles. The number of aryl methyl sites for hydroxylation is 1. The van der Waals surface area contributed by atoms with Gasteiger partial charge in [0.15, 0.2) is 5.69 Å². The van der Waals surface area contributed by atoms with Crippen molar-refractivity contribution in [1.82, 2.24) is 10.2 Å². The summed E-state index contributed by atoms with van der Waals surface area (Å²) in [4.78, 5) is 11.8. The highest BCUT2D eigenvalue weighted by Gasteiger charge is 2.19. The van der Waals surface area contributed by atoms with Crippen molar-refractivity contribution >= 4 is 33.2 Å². The van der Waals surface area contributed by atoms with E-state index in [9.17, 15) is 4.79 Å². The molecule has 2 aromatic rings. The van der Waals surface area contributed by atoms with Crippen molar-refractivity contribution in [3.8, 4) is 10.6 Å². The van der Waals surface area contributed by atoms with Crippen molar-refractivity contribution in [2.45, 2.75) is 6.92 Å². The number of thiophene rings is 1. The molecule has 0 aliphatic heterocycles. The van der Waals surface area contributed by atoms with Gasteiger partial charge in [0.25, 0.3) is 0 Å². The van der Waals surface area contributed by atoms with Crippen molar-refractivity contribution in [2.75, 3.05) is 0 Å². The van der Waals surface area contributed by atoms with Gasteiger partial charge in [-0.3, -0.25) is 5.10 Å².